The van der Waals surface area contributed by atoms with Crippen molar-refractivity contribution >= 4 is 0 Å². The second-order valence-corrected chi connectivity index (χ2v) is 4.82. The van der Waals surface area contributed by atoms with E-state index in [9.17, 15) is 0 Å². The molecule has 0 radical (unpaired) electrons. The van der Waals surface area contributed by atoms with Gasteiger partial charge in [0.2, 0.25) is 0 Å². The largest absolute Gasteiger partial charge is 0.491 e. The van der Waals surface area contributed by atoms with E-state index in [0.717, 1.165) is 25.3 Å². The van der Waals surface area contributed by atoms with Gasteiger partial charge in [0.05, 0.1) is 6.61 Å². The standard InChI is InChI=1S/C14H21NO2/c1-15(2)8-4-6-12-5-3-7-13(9-12)16-10-14-11-17-14/h3,5,7,9,14H,4,6,8,10-11H2,1-2H3. The molecule has 1 atom stereocenters. The molecule has 0 aromatic heterocycles. The van der Waals surface area contributed by atoms with E-state index in [2.05, 4.69) is 37.2 Å². The van der Waals surface area contributed by atoms with Crippen LogP contribution in [0.25, 0.3) is 0 Å². The Morgan fingerprint density at radius 1 is 1.41 bits per heavy atom. The average molecular weight is 235 g/mol. The van der Waals surface area contributed by atoms with Crippen molar-refractivity contribution in [1.82, 2.24) is 4.90 Å². The van der Waals surface area contributed by atoms with Crippen LogP contribution in [0.4, 0.5) is 0 Å². The minimum Gasteiger partial charge on any atom is -0.491 e. The van der Waals surface area contributed by atoms with E-state index in [1.165, 1.54) is 12.0 Å². The summed E-state index contributed by atoms with van der Waals surface area (Å²) >= 11 is 0. The number of hydrogen-bond acceptors (Lipinski definition) is 3. The summed E-state index contributed by atoms with van der Waals surface area (Å²) < 4.78 is 10.8. The van der Waals surface area contributed by atoms with Crippen molar-refractivity contribution in [3.8, 4) is 5.75 Å². The summed E-state index contributed by atoms with van der Waals surface area (Å²) in [6.45, 7) is 2.66. The van der Waals surface area contributed by atoms with E-state index >= 15 is 0 Å². The van der Waals surface area contributed by atoms with Crippen LogP contribution in [0.5, 0.6) is 5.75 Å². The predicted octanol–water partition coefficient (Wildman–Crippen LogP) is 1.96. The molecular formula is C14H21NO2. The molecule has 3 heteroatoms. The van der Waals surface area contributed by atoms with Crippen LogP contribution >= 0.6 is 0 Å². The maximum Gasteiger partial charge on any atom is 0.119 e. The number of epoxide rings is 1. The van der Waals surface area contributed by atoms with E-state index in [-0.39, 0.29) is 0 Å². The van der Waals surface area contributed by atoms with Gasteiger partial charge < -0.3 is 14.4 Å². The predicted molar refractivity (Wildman–Crippen MR) is 68.6 cm³/mol. The highest BCUT2D eigenvalue weighted by Gasteiger charge is 2.22. The monoisotopic (exact) mass is 235 g/mol. The summed E-state index contributed by atoms with van der Waals surface area (Å²) in [6, 6.07) is 8.38. The van der Waals surface area contributed by atoms with Crippen LogP contribution in [0.2, 0.25) is 0 Å². The van der Waals surface area contributed by atoms with Gasteiger partial charge in [-0.2, -0.15) is 0 Å². The highest BCUT2D eigenvalue weighted by molar-refractivity contribution is 5.28. The third-order valence-electron chi connectivity index (χ3n) is 2.81. The third kappa shape index (κ3) is 4.75. The molecule has 94 valence electrons. The molecule has 0 amide bonds. The lowest BCUT2D eigenvalue weighted by atomic mass is 10.1. The van der Waals surface area contributed by atoms with E-state index in [4.69, 9.17) is 9.47 Å². The Hall–Kier alpha value is -1.06. The highest BCUT2D eigenvalue weighted by atomic mass is 16.6. The Morgan fingerprint density at radius 3 is 2.94 bits per heavy atom. The molecule has 0 N–H and O–H groups in total. The molecule has 0 spiro atoms. The van der Waals surface area contributed by atoms with Crippen molar-refractivity contribution < 1.29 is 9.47 Å². The van der Waals surface area contributed by atoms with Gasteiger partial charge in [-0.25, -0.2) is 0 Å². The smallest absolute Gasteiger partial charge is 0.119 e. The lowest BCUT2D eigenvalue weighted by Gasteiger charge is -2.10. The molecule has 1 fully saturated rings. The number of rotatable bonds is 7. The summed E-state index contributed by atoms with van der Waals surface area (Å²) in [7, 11) is 4.21. The first-order valence-corrected chi connectivity index (χ1v) is 6.22. The second kappa shape index (κ2) is 6.03. The molecule has 3 nitrogen and oxygen atoms in total. The van der Waals surface area contributed by atoms with Gasteiger partial charge in [-0.3, -0.25) is 0 Å². The van der Waals surface area contributed by atoms with Gasteiger partial charge in [0.25, 0.3) is 0 Å². The van der Waals surface area contributed by atoms with Crippen LogP contribution in [0.3, 0.4) is 0 Å². The Labute approximate surface area is 103 Å². The quantitative estimate of drug-likeness (QED) is 0.675. The van der Waals surface area contributed by atoms with Crippen molar-refractivity contribution in [2.24, 2.45) is 0 Å². The lowest BCUT2D eigenvalue weighted by molar-refractivity contribution is 0.263. The number of nitrogens with zero attached hydrogens (tertiary/aromatic N) is 1. The van der Waals surface area contributed by atoms with Gasteiger partial charge in [-0.05, 0) is 51.2 Å². The minimum atomic E-state index is 0.326. The molecule has 1 saturated heterocycles. The highest BCUT2D eigenvalue weighted by Crippen LogP contribution is 2.17. The molecular weight excluding hydrogens is 214 g/mol. The molecule has 17 heavy (non-hydrogen) atoms. The summed E-state index contributed by atoms with van der Waals surface area (Å²) in [5.41, 5.74) is 1.35. The van der Waals surface area contributed by atoms with Gasteiger partial charge in [0, 0.05) is 0 Å². The summed E-state index contributed by atoms with van der Waals surface area (Å²) in [5.74, 6) is 0.961. The van der Waals surface area contributed by atoms with E-state index in [0.29, 0.717) is 12.7 Å². The fourth-order valence-electron chi connectivity index (χ4n) is 1.74. The maximum atomic E-state index is 5.66. The van der Waals surface area contributed by atoms with Gasteiger partial charge in [-0.15, -0.1) is 0 Å². The molecule has 1 aromatic carbocycles. The minimum absolute atomic E-state index is 0.326. The van der Waals surface area contributed by atoms with Crippen molar-refractivity contribution in [2.75, 3.05) is 33.9 Å². The van der Waals surface area contributed by atoms with Crippen molar-refractivity contribution in [3.05, 3.63) is 29.8 Å². The molecule has 1 aliphatic rings. The van der Waals surface area contributed by atoms with E-state index in [1.807, 2.05) is 6.07 Å². The van der Waals surface area contributed by atoms with Crippen molar-refractivity contribution in [1.29, 1.82) is 0 Å². The molecule has 2 rings (SSSR count). The van der Waals surface area contributed by atoms with Gasteiger partial charge >= 0.3 is 0 Å². The van der Waals surface area contributed by atoms with Gasteiger partial charge in [0.15, 0.2) is 0 Å². The second-order valence-electron chi connectivity index (χ2n) is 4.82. The Bertz CT molecular complexity index is 348. The number of hydrogen-bond donors (Lipinski definition) is 0. The molecule has 1 heterocycles. The fourth-order valence-corrected chi connectivity index (χ4v) is 1.74. The number of ether oxygens (including phenoxy) is 2. The molecule has 0 saturated carbocycles. The summed E-state index contributed by atoms with van der Waals surface area (Å²) in [6.07, 6.45) is 2.62. The van der Waals surface area contributed by atoms with Crippen LogP contribution in [-0.4, -0.2) is 44.9 Å². The summed E-state index contributed by atoms with van der Waals surface area (Å²) in [5, 5.41) is 0. The van der Waals surface area contributed by atoms with Crippen molar-refractivity contribution in [3.63, 3.8) is 0 Å². The first-order valence-electron chi connectivity index (χ1n) is 6.22. The Balaban J connectivity index is 1.78. The normalized spacial score (nSPS) is 18.4. The molecule has 0 aliphatic carbocycles. The number of benzene rings is 1. The number of aryl methyl sites for hydroxylation is 1. The fraction of sp³-hybridized carbons (Fsp3) is 0.571. The van der Waals surface area contributed by atoms with Crippen LogP contribution in [0, 0.1) is 0 Å². The zero-order valence-corrected chi connectivity index (χ0v) is 10.7. The van der Waals surface area contributed by atoms with Crippen LogP contribution < -0.4 is 4.74 Å². The topological polar surface area (TPSA) is 25.0 Å². The first-order chi connectivity index (χ1) is 8.24. The Morgan fingerprint density at radius 2 is 2.24 bits per heavy atom. The Kier molecular flexibility index (Phi) is 4.40. The zero-order valence-electron chi connectivity index (χ0n) is 10.7. The van der Waals surface area contributed by atoms with E-state index < -0.39 is 0 Å². The average Bonchev–Trinajstić information content (AvgIpc) is 3.10. The van der Waals surface area contributed by atoms with Gasteiger partial charge in [-0.1, -0.05) is 12.1 Å². The zero-order chi connectivity index (χ0) is 12.1. The molecule has 1 aliphatic heterocycles. The van der Waals surface area contributed by atoms with E-state index in [1.54, 1.807) is 0 Å². The van der Waals surface area contributed by atoms with Crippen molar-refractivity contribution in [2.45, 2.75) is 18.9 Å². The van der Waals surface area contributed by atoms with Crippen LogP contribution in [0.1, 0.15) is 12.0 Å². The molecule has 1 aromatic rings. The van der Waals surface area contributed by atoms with Crippen LogP contribution in [0.15, 0.2) is 24.3 Å². The maximum absolute atomic E-state index is 5.66. The first kappa shape index (κ1) is 12.4. The summed E-state index contributed by atoms with van der Waals surface area (Å²) in [4.78, 5) is 2.21. The lowest BCUT2D eigenvalue weighted by Crippen LogP contribution is -2.13. The van der Waals surface area contributed by atoms with Crippen LogP contribution in [-0.2, 0) is 11.2 Å². The van der Waals surface area contributed by atoms with Gasteiger partial charge in [0.1, 0.15) is 18.5 Å². The SMILES string of the molecule is CN(C)CCCc1cccc(OCC2CO2)c1. The molecule has 0 bridgehead atoms. The molecule has 1 unspecified atom stereocenters. The third-order valence-corrected chi connectivity index (χ3v) is 2.81.